The van der Waals surface area contributed by atoms with E-state index in [1.54, 1.807) is 24.0 Å². The van der Waals surface area contributed by atoms with Gasteiger partial charge in [0.25, 0.3) is 0 Å². The van der Waals surface area contributed by atoms with Crippen molar-refractivity contribution in [3.05, 3.63) is 35.6 Å². The van der Waals surface area contributed by atoms with Crippen LogP contribution in [-0.2, 0) is 16.1 Å². The Kier molecular flexibility index (Phi) is 4.58. The highest BCUT2D eigenvalue weighted by atomic mass is 19.1. The van der Waals surface area contributed by atoms with Crippen LogP contribution in [0.5, 0.6) is 0 Å². The van der Waals surface area contributed by atoms with Crippen LogP contribution >= 0.6 is 0 Å². The number of hydrogen-bond acceptors (Lipinski definition) is 3. The van der Waals surface area contributed by atoms with Crippen molar-refractivity contribution in [2.45, 2.75) is 19.9 Å². The fourth-order valence-corrected chi connectivity index (χ4v) is 3.92. The highest BCUT2D eigenvalue weighted by Crippen LogP contribution is 2.34. The molecule has 2 amide bonds. The van der Waals surface area contributed by atoms with Crippen molar-refractivity contribution < 1.29 is 14.0 Å². The van der Waals surface area contributed by atoms with Gasteiger partial charge in [0.15, 0.2) is 0 Å². The number of rotatable bonds is 2. The van der Waals surface area contributed by atoms with E-state index in [0.29, 0.717) is 32.6 Å². The van der Waals surface area contributed by atoms with E-state index >= 15 is 0 Å². The Morgan fingerprint density at radius 3 is 2.46 bits per heavy atom. The summed E-state index contributed by atoms with van der Waals surface area (Å²) in [6.07, 6.45) is 0.479. The van der Waals surface area contributed by atoms with Crippen LogP contribution in [0.15, 0.2) is 24.3 Å². The summed E-state index contributed by atoms with van der Waals surface area (Å²) in [5, 5.41) is 0. The lowest BCUT2D eigenvalue weighted by Crippen LogP contribution is -2.43. The molecule has 0 N–H and O–H groups in total. The third-order valence-corrected chi connectivity index (χ3v) is 5.06. The fourth-order valence-electron chi connectivity index (χ4n) is 3.92. The van der Waals surface area contributed by atoms with Crippen molar-refractivity contribution in [1.82, 2.24) is 14.7 Å². The second kappa shape index (κ2) is 6.51. The number of carbonyl (C=O) groups excluding carboxylic acids is 2. The number of hydrogen-bond donors (Lipinski definition) is 0. The van der Waals surface area contributed by atoms with E-state index < -0.39 is 0 Å². The van der Waals surface area contributed by atoms with Gasteiger partial charge in [0, 0.05) is 65.1 Å². The molecule has 0 unspecified atom stereocenters. The van der Waals surface area contributed by atoms with E-state index in [4.69, 9.17) is 0 Å². The Morgan fingerprint density at radius 2 is 1.88 bits per heavy atom. The Hall–Kier alpha value is -1.95. The standard InChI is InChI=1S/C18H24FN3O2/c1-14(23)22-8-7-21(10-15-3-5-16(19)6-4-15)12-18(13-22)9-17(24)20(2)11-18/h3-6H,7-13H2,1-2H3/t18-/m0/s1. The number of halogens is 1. The number of amides is 2. The summed E-state index contributed by atoms with van der Waals surface area (Å²) in [5.41, 5.74) is 0.828. The van der Waals surface area contributed by atoms with E-state index in [2.05, 4.69) is 4.90 Å². The minimum Gasteiger partial charge on any atom is -0.345 e. The summed E-state index contributed by atoms with van der Waals surface area (Å²) >= 11 is 0. The van der Waals surface area contributed by atoms with Gasteiger partial charge in [-0.3, -0.25) is 14.5 Å². The molecule has 24 heavy (non-hydrogen) atoms. The topological polar surface area (TPSA) is 43.9 Å². The molecule has 2 saturated heterocycles. The van der Waals surface area contributed by atoms with E-state index in [0.717, 1.165) is 18.7 Å². The molecule has 1 spiro atoms. The van der Waals surface area contributed by atoms with Gasteiger partial charge >= 0.3 is 0 Å². The van der Waals surface area contributed by atoms with Gasteiger partial charge in [-0.15, -0.1) is 0 Å². The first-order valence-corrected chi connectivity index (χ1v) is 8.33. The molecule has 0 saturated carbocycles. The van der Waals surface area contributed by atoms with Crippen LogP contribution in [-0.4, -0.2) is 66.3 Å². The van der Waals surface area contributed by atoms with Crippen LogP contribution in [0, 0.1) is 11.2 Å². The van der Waals surface area contributed by atoms with Gasteiger partial charge in [-0.1, -0.05) is 12.1 Å². The van der Waals surface area contributed by atoms with Gasteiger partial charge in [0.1, 0.15) is 5.82 Å². The normalized spacial score (nSPS) is 25.4. The molecule has 2 aliphatic heterocycles. The van der Waals surface area contributed by atoms with E-state index in [1.807, 2.05) is 11.9 Å². The van der Waals surface area contributed by atoms with Crippen molar-refractivity contribution in [1.29, 1.82) is 0 Å². The average Bonchev–Trinajstić information content (AvgIpc) is 2.68. The molecule has 1 atom stereocenters. The van der Waals surface area contributed by atoms with Gasteiger partial charge in [-0.05, 0) is 17.7 Å². The number of carbonyl (C=O) groups is 2. The van der Waals surface area contributed by atoms with Crippen LogP contribution in [0.4, 0.5) is 4.39 Å². The summed E-state index contributed by atoms with van der Waals surface area (Å²) < 4.78 is 13.1. The van der Waals surface area contributed by atoms with E-state index in [1.165, 1.54) is 12.1 Å². The lowest BCUT2D eigenvalue weighted by molar-refractivity contribution is -0.130. The SMILES string of the molecule is CC(=O)N1CCN(Cc2ccc(F)cc2)C[C@@]2(CC(=O)N(C)C2)C1. The summed E-state index contributed by atoms with van der Waals surface area (Å²) in [6.45, 7) is 5.78. The predicted octanol–water partition coefficient (Wildman–Crippen LogP) is 1.34. The Balaban J connectivity index is 1.79. The number of likely N-dealkylation sites (tertiary alicyclic amines) is 1. The molecule has 6 heteroatoms. The van der Waals surface area contributed by atoms with Crippen molar-refractivity contribution in [3.8, 4) is 0 Å². The molecule has 2 heterocycles. The zero-order valence-electron chi connectivity index (χ0n) is 14.3. The number of benzene rings is 1. The minimum absolute atomic E-state index is 0.0556. The second-order valence-electron chi connectivity index (χ2n) is 7.20. The third-order valence-electron chi connectivity index (χ3n) is 5.06. The van der Waals surface area contributed by atoms with Crippen LogP contribution < -0.4 is 0 Å². The first kappa shape index (κ1) is 16.9. The molecule has 0 bridgehead atoms. The van der Waals surface area contributed by atoms with Crippen molar-refractivity contribution >= 4 is 11.8 Å². The molecular weight excluding hydrogens is 309 g/mol. The zero-order chi connectivity index (χ0) is 17.3. The zero-order valence-corrected chi connectivity index (χ0v) is 14.3. The molecule has 0 aromatic heterocycles. The van der Waals surface area contributed by atoms with E-state index in [9.17, 15) is 14.0 Å². The summed E-state index contributed by atoms with van der Waals surface area (Å²) in [4.78, 5) is 29.9. The highest BCUT2D eigenvalue weighted by molar-refractivity contribution is 5.79. The number of nitrogens with zero attached hydrogens (tertiary/aromatic N) is 3. The van der Waals surface area contributed by atoms with Gasteiger partial charge in [0.2, 0.25) is 11.8 Å². The largest absolute Gasteiger partial charge is 0.345 e. The fraction of sp³-hybridized carbons (Fsp3) is 0.556. The van der Waals surface area contributed by atoms with E-state index in [-0.39, 0.29) is 23.0 Å². The second-order valence-corrected chi connectivity index (χ2v) is 7.20. The van der Waals surface area contributed by atoms with Gasteiger partial charge < -0.3 is 9.80 Å². The summed E-state index contributed by atoms with van der Waals surface area (Å²) in [7, 11) is 1.82. The van der Waals surface area contributed by atoms with Crippen LogP contribution in [0.2, 0.25) is 0 Å². The lowest BCUT2D eigenvalue weighted by atomic mass is 9.86. The minimum atomic E-state index is -0.239. The molecule has 0 radical (unpaired) electrons. The molecular formula is C18H24FN3O2. The molecule has 3 rings (SSSR count). The van der Waals surface area contributed by atoms with Crippen LogP contribution in [0.1, 0.15) is 18.9 Å². The molecule has 2 aliphatic rings. The first-order chi connectivity index (χ1) is 11.4. The Labute approximate surface area is 142 Å². The van der Waals surface area contributed by atoms with Crippen molar-refractivity contribution in [2.75, 3.05) is 39.8 Å². The highest BCUT2D eigenvalue weighted by Gasteiger charge is 2.45. The van der Waals surface area contributed by atoms with Gasteiger partial charge in [0.05, 0.1) is 0 Å². The molecule has 2 fully saturated rings. The molecule has 1 aromatic carbocycles. The van der Waals surface area contributed by atoms with Crippen molar-refractivity contribution in [3.63, 3.8) is 0 Å². The molecule has 1 aromatic rings. The molecule has 5 nitrogen and oxygen atoms in total. The van der Waals surface area contributed by atoms with Crippen molar-refractivity contribution in [2.24, 2.45) is 5.41 Å². The first-order valence-electron chi connectivity index (χ1n) is 8.33. The monoisotopic (exact) mass is 333 g/mol. The van der Waals surface area contributed by atoms with Gasteiger partial charge in [-0.2, -0.15) is 0 Å². The maximum atomic E-state index is 13.1. The predicted molar refractivity (Wildman–Crippen MR) is 88.6 cm³/mol. The Morgan fingerprint density at radius 1 is 1.17 bits per heavy atom. The average molecular weight is 333 g/mol. The summed E-state index contributed by atoms with van der Waals surface area (Å²) in [5.74, 6) is -0.0426. The lowest BCUT2D eigenvalue weighted by Gasteiger charge is -2.33. The summed E-state index contributed by atoms with van der Waals surface area (Å²) in [6, 6.07) is 6.53. The third kappa shape index (κ3) is 3.59. The Bertz CT molecular complexity index is 634. The quantitative estimate of drug-likeness (QED) is 0.820. The maximum Gasteiger partial charge on any atom is 0.223 e. The molecule has 130 valence electrons. The maximum absolute atomic E-state index is 13.1. The van der Waals surface area contributed by atoms with Gasteiger partial charge in [-0.25, -0.2) is 4.39 Å². The smallest absolute Gasteiger partial charge is 0.223 e. The van der Waals surface area contributed by atoms with Crippen LogP contribution in [0.25, 0.3) is 0 Å². The molecule has 0 aliphatic carbocycles. The van der Waals surface area contributed by atoms with Crippen LogP contribution in [0.3, 0.4) is 0 Å².